The van der Waals surface area contributed by atoms with Crippen LogP contribution in [0, 0.1) is 0 Å². The number of aryl methyl sites for hydroxylation is 1. The standard InChI is InChI=1S/C26H29N3O8S3/c1-3-37-22(32)13-29-17-10-7-8-12-19(17)39-26(29)28-21(31)15-40(34,35)14-20(30)27-24-23(25(33)36-2)16-9-5-4-6-11-18(16)38-24/h7-8,10,12H,3-6,9,11,13-15H2,1-2H3,(H,27,30). The highest BCUT2D eigenvalue weighted by Crippen LogP contribution is 2.38. The highest BCUT2D eigenvalue weighted by molar-refractivity contribution is 7.92. The average Bonchev–Trinajstić information content (AvgIpc) is 3.29. The lowest BCUT2D eigenvalue weighted by molar-refractivity contribution is -0.143. The van der Waals surface area contributed by atoms with Crippen LogP contribution < -0.4 is 10.1 Å². The maximum atomic E-state index is 12.8. The van der Waals surface area contributed by atoms with E-state index < -0.39 is 45.1 Å². The van der Waals surface area contributed by atoms with Gasteiger partial charge in [-0.05, 0) is 50.3 Å². The summed E-state index contributed by atoms with van der Waals surface area (Å²) in [5.41, 5.74) is 1.74. The predicted octanol–water partition coefficient (Wildman–Crippen LogP) is 2.86. The van der Waals surface area contributed by atoms with E-state index in [1.165, 1.54) is 23.0 Å². The number of para-hydroxylation sites is 1. The zero-order valence-corrected chi connectivity index (χ0v) is 24.5. The molecule has 2 amide bonds. The fraction of sp³-hybridized carbons (Fsp3) is 0.423. The second-order valence-electron chi connectivity index (χ2n) is 9.09. The number of rotatable bonds is 9. The van der Waals surface area contributed by atoms with E-state index >= 15 is 0 Å². The van der Waals surface area contributed by atoms with Gasteiger partial charge < -0.3 is 19.4 Å². The molecule has 1 aliphatic carbocycles. The molecule has 1 aromatic carbocycles. The molecule has 0 saturated carbocycles. The van der Waals surface area contributed by atoms with Crippen molar-refractivity contribution in [2.75, 3.05) is 30.5 Å². The highest BCUT2D eigenvalue weighted by Gasteiger charge is 2.28. The van der Waals surface area contributed by atoms with Gasteiger partial charge in [-0.15, -0.1) is 11.3 Å². The van der Waals surface area contributed by atoms with Crippen LogP contribution in [0.4, 0.5) is 5.00 Å². The summed E-state index contributed by atoms with van der Waals surface area (Å²) in [6, 6.07) is 7.10. The summed E-state index contributed by atoms with van der Waals surface area (Å²) in [7, 11) is -2.95. The minimum Gasteiger partial charge on any atom is -0.465 e. The Hall–Kier alpha value is -3.36. The Balaban J connectivity index is 1.51. The maximum absolute atomic E-state index is 12.8. The highest BCUT2D eigenvalue weighted by atomic mass is 32.2. The second kappa shape index (κ2) is 12.9. The van der Waals surface area contributed by atoms with Crippen LogP contribution in [-0.2, 0) is 53.1 Å². The minimum absolute atomic E-state index is 0.140. The number of thiophene rings is 1. The molecule has 3 aromatic rings. The first-order valence-corrected chi connectivity index (χ1v) is 16.1. The van der Waals surface area contributed by atoms with Gasteiger partial charge in [0.15, 0.2) is 14.6 Å². The molecule has 14 heteroatoms. The molecule has 1 N–H and O–H groups in total. The summed E-state index contributed by atoms with van der Waals surface area (Å²) in [6.45, 7) is 1.66. The number of ether oxygens (including phenoxy) is 2. The van der Waals surface area contributed by atoms with E-state index in [0.717, 1.165) is 52.2 Å². The Morgan fingerprint density at radius 1 is 1.05 bits per heavy atom. The van der Waals surface area contributed by atoms with Crippen LogP contribution in [-0.4, -0.2) is 62.0 Å². The van der Waals surface area contributed by atoms with Crippen LogP contribution in [0.2, 0.25) is 0 Å². The predicted molar refractivity (Wildman–Crippen MR) is 151 cm³/mol. The average molecular weight is 608 g/mol. The van der Waals surface area contributed by atoms with Crippen molar-refractivity contribution in [1.82, 2.24) is 4.57 Å². The molecule has 214 valence electrons. The number of hydrogen-bond donors (Lipinski definition) is 1. The zero-order valence-electron chi connectivity index (χ0n) is 22.1. The molecule has 40 heavy (non-hydrogen) atoms. The molecule has 0 fully saturated rings. The van der Waals surface area contributed by atoms with Crippen molar-refractivity contribution < 1.29 is 37.1 Å². The molecule has 0 bridgehead atoms. The Morgan fingerprint density at radius 3 is 2.55 bits per heavy atom. The number of anilines is 1. The van der Waals surface area contributed by atoms with Crippen molar-refractivity contribution in [3.8, 4) is 0 Å². The minimum atomic E-state index is -4.20. The molecule has 4 rings (SSSR count). The molecule has 11 nitrogen and oxygen atoms in total. The quantitative estimate of drug-likeness (QED) is 0.288. The van der Waals surface area contributed by atoms with Crippen molar-refractivity contribution in [1.29, 1.82) is 0 Å². The fourth-order valence-electron chi connectivity index (χ4n) is 4.48. The van der Waals surface area contributed by atoms with Gasteiger partial charge in [-0.3, -0.25) is 14.4 Å². The number of carbonyl (C=O) groups excluding carboxylic acids is 4. The van der Waals surface area contributed by atoms with E-state index in [1.54, 1.807) is 31.2 Å². The third kappa shape index (κ3) is 7.04. The van der Waals surface area contributed by atoms with E-state index in [2.05, 4.69) is 10.3 Å². The Bertz CT molecular complexity index is 1630. The summed E-state index contributed by atoms with van der Waals surface area (Å²) in [6.07, 6.45) is 4.34. The molecular weight excluding hydrogens is 579 g/mol. The van der Waals surface area contributed by atoms with Crippen molar-refractivity contribution >= 4 is 71.5 Å². The zero-order chi connectivity index (χ0) is 28.9. The summed E-state index contributed by atoms with van der Waals surface area (Å²) in [4.78, 5) is 55.1. The van der Waals surface area contributed by atoms with Gasteiger partial charge in [0.1, 0.15) is 23.1 Å². The molecule has 0 radical (unpaired) electrons. The van der Waals surface area contributed by atoms with Crippen LogP contribution >= 0.6 is 22.7 Å². The number of nitrogens with zero attached hydrogens (tertiary/aromatic N) is 2. The number of aromatic nitrogens is 1. The molecular formula is C26H29N3O8S3. The fourth-order valence-corrected chi connectivity index (χ4v) is 7.84. The first-order valence-electron chi connectivity index (χ1n) is 12.7. The number of carbonyl (C=O) groups is 4. The van der Waals surface area contributed by atoms with Gasteiger partial charge in [-0.1, -0.05) is 29.9 Å². The molecule has 0 atom stereocenters. The third-order valence-electron chi connectivity index (χ3n) is 6.16. The summed E-state index contributed by atoms with van der Waals surface area (Å²) in [5.74, 6) is -4.93. The molecule has 0 spiro atoms. The molecule has 0 aliphatic heterocycles. The lowest BCUT2D eigenvalue weighted by atomic mass is 10.1. The van der Waals surface area contributed by atoms with E-state index in [1.807, 2.05) is 0 Å². The summed E-state index contributed by atoms with van der Waals surface area (Å²) >= 11 is 2.37. The van der Waals surface area contributed by atoms with Gasteiger partial charge in [0.25, 0.3) is 5.91 Å². The third-order valence-corrected chi connectivity index (χ3v) is 9.81. The number of benzene rings is 1. The van der Waals surface area contributed by atoms with Crippen LogP contribution in [0.15, 0.2) is 29.3 Å². The lowest BCUT2D eigenvalue weighted by Crippen LogP contribution is -2.29. The first kappa shape index (κ1) is 29.6. The molecule has 1 aliphatic rings. The Morgan fingerprint density at radius 2 is 1.80 bits per heavy atom. The van der Waals surface area contributed by atoms with Crippen LogP contribution in [0.3, 0.4) is 0 Å². The van der Waals surface area contributed by atoms with E-state index in [4.69, 9.17) is 9.47 Å². The van der Waals surface area contributed by atoms with E-state index in [9.17, 15) is 27.6 Å². The van der Waals surface area contributed by atoms with Crippen molar-refractivity contribution in [2.45, 2.75) is 45.6 Å². The number of sulfone groups is 1. The van der Waals surface area contributed by atoms with Crippen molar-refractivity contribution in [2.24, 2.45) is 4.99 Å². The molecule has 0 unspecified atom stereocenters. The topological polar surface area (TPSA) is 150 Å². The van der Waals surface area contributed by atoms with Gasteiger partial charge in [0.05, 0.1) is 29.5 Å². The number of hydrogen-bond acceptors (Lipinski definition) is 10. The second-order valence-corrected chi connectivity index (χ2v) is 13.3. The molecule has 2 aromatic heterocycles. The number of amides is 2. The Labute approximate surface area is 238 Å². The molecule has 0 saturated heterocycles. The van der Waals surface area contributed by atoms with Crippen molar-refractivity contribution in [3.63, 3.8) is 0 Å². The van der Waals surface area contributed by atoms with Crippen LogP contribution in [0.5, 0.6) is 0 Å². The van der Waals surface area contributed by atoms with E-state index in [0.29, 0.717) is 11.9 Å². The number of methoxy groups -OCH3 is 1. The largest absolute Gasteiger partial charge is 0.465 e. The smallest absolute Gasteiger partial charge is 0.341 e. The van der Waals surface area contributed by atoms with Gasteiger partial charge in [0.2, 0.25) is 5.91 Å². The van der Waals surface area contributed by atoms with E-state index in [-0.39, 0.29) is 28.5 Å². The van der Waals surface area contributed by atoms with Gasteiger partial charge >= 0.3 is 11.9 Å². The lowest BCUT2D eigenvalue weighted by Gasteiger charge is -2.08. The van der Waals surface area contributed by atoms with Crippen molar-refractivity contribution in [3.05, 3.63) is 45.1 Å². The van der Waals surface area contributed by atoms with Gasteiger partial charge in [-0.25, -0.2) is 13.2 Å². The SMILES string of the molecule is CCOC(=O)Cn1c(=NC(=O)CS(=O)(=O)CC(=O)Nc2sc3c(c2C(=O)OC)CCCCC3)sc2ccccc21. The first-order chi connectivity index (χ1) is 19.1. The number of fused-ring (bicyclic) bond motifs is 2. The summed E-state index contributed by atoms with van der Waals surface area (Å²) < 4.78 is 37.7. The van der Waals surface area contributed by atoms with Crippen LogP contribution in [0.1, 0.15) is 47.0 Å². The Kier molecular flexibility index (Phi) is 9.53. The monoisotopic (exact) mass is 607 g/mol. The van der Waals surface area contributed by atoms with Gasteiger partial charge in [0, 0.05) is 4.88 Å². The maximum Gasteiger partial charge on any atom is 0.341 e. The summed E-state index contributed by atoms with van der Waals surface area (Å²) in [5, 5.41) is 2.80. The van der Waals surface area contributed by atoms with Gasteiger partial charge in [-0.2, -0.15) is 4.99 Å². The number of thiazole rings is 1. The normalized spacial score (nSPS) is 13.9. The number of esters is 2. The van der Waals surface area contributed by atoms with Crippen LogP contribution in [0.25, 0.3) is 10.2 Å². The molecule has 2 heterocycles. The number of nitrogens with one attached hydrogen (secondary N) is 1.